The Balaban J connectivity index is 0.000000165. The Labute approximate surface area is 675 Å². The number of hydrogen-bond acceptors (Lipinski definition) is 19. The first-order chi connectivity index (χ1) is 55.0. The quantitative estimate of drug-likeness (QED) is 0.0548. The fourth-order valence-corrected chi connectivity index (χ4v) is 18.1. The van der Waals surface area contributed by atoms with Crippen LogP contribution in [-0.4, -0.2) is 152 Å². The van der Waals surface area contributed by atoms with Gasteiger partial charge in [-0.1, -0.05) is 0 Å². The van der Waals surface area contributed by atoms with E-state index in [1.165, 1.54) is 36.7 Å². The number of rotatable bonds is 20. The maximum atomic E-state index is 14.2. The summed E-state index contributed by atoms with van der Waals surface area (Å²) in [6, 6.07) is 19.4. The first kappa shape index (κ1) is 90.2. The molecule has 6 aromatic heterocycles. The zero-order chi connectivity index (χ0) is 85.8. The molecule has 21 nitrogen and oxygen atoms in total. The number of aryl methyl sites for hydroxylation is 3. The van der Waals surface area contributed by atoms with Crippen LogP contribution in [0.15, 0.2) is 180 Å². The number of ketones is 3. The molecular formula is C75H62Cl2F18N12O9S3. The lowest BCUT2D eigenvalue weighted by atomic mass is 9.97. The molecule has 44 heteroatoms. The predicted octanol–water partition coefficient (Wildman–Crippen LogP) is 15.0. The molecule has 1 N–H and O–H groups in total. The van der Waals surface area contributed by atoms with E-state index < -0.39 is 172 Å². The van der Waals surface area contributed by atoms with Crippen LogP contribution in [0.3, 0.4) is 0 Å². The number of carbonyl (C=O) groups is 3. The summed E-state index contributed by atoms with van der Waals surface area (Å²) in [5, 5.41) is 2.89. The topological polar surface area (TPSA) is 288 Å². The molecule has 6 fully saturated rings. The molecule has 3 spiro atoms. The number of pyridine rings is 3. The number of halogens is 20. The van der Waals surface area contributed by atoms with E-state index in [4.69, 9.17) is 10.7 Å². The number of carbonyl (C=O) groups excluding carboxylic acids is 3. The first-order valence-corrected chi connectivity index (χ1v) is 40.5. The Hall–Kier alpha value is -9.59. The Kier molecular flexibility index (Phi) is 25.6. The van der Waals surface area contributed by atoms with E-state index >= 15 is 0 Å². The summed E-state index contributed by atoms with van der Waals surface area (Å²) in [4.78, 5) is 72.5. The summed E-state index contributed by atoms with van der Waals surface area (Å²) in [5.74, 6) is -12.1. The van der Waals surface area contributed by atoms with Crippen LogP contribution in [-0.2, 0) is 81.3 Å². The number of aromatic nitrogens is 9. The zero-order valence-electron chi connectivity index (χ0n) is 60.8. The third kappa shape index (κ3) is 20.4. The van der Waals surface area contributed by atoms with Crippen LogP contribution < -0.4 is 5.32 Å². The van der Waals surface area contributed by atoms with E-state index in [0.29, 0.717) is 28.3 Å². The van der Waals surface area contributed by atoms with Crippen LogP contribution in [0.4, 0.5) is 79.0 Å². The first-order valence-electron chi connectivity index (χ1n) is 35.3. The van der Waals surface area contributed by atoms with Crippen LogP contribution in [0.2, 0.25) is 0 Å². The Morgan fingerprint density at radius 2 is 0.706 bits per heavy atom. The maximum Gasteiger partial charge on any atom is 0.433 e. The molecule has 3 aromatic carbocycles. The molecule has 6 aliphatic rings. The molecular weight excluding hydrogens is 1720 g/mol. The fourth-order valence-electron chi connectivity index (χ4n) is 13.9. The molecule has 9 aromatic rings. The molecule has 3 saturated heterocycles. The summed E-state index contributed by atoms with van der Waals surface area (Å²) < 4.78 is 313. The highest BCUT2D eigenvalue weighted by Crippen LogP contribution is 2.68. The zero-order valence-corrected chi connectivity index (χ0v) is 64.9. The second-order valence-corrected chi connectivity index (χ2v) is 35.2. The van der Waals surface area contributed by atoms with E-state index in [0.717, 1.165) is 131 Å². The van der Waals surface area contributed by atoms with Crippen LogP contribution in [0.1, 0.15) is 92.0 Å². The lowest BCUT2D eigenvalue weighted by Gasteiger charge is -2.23. The van der Waals surface area contributed by atoms with Gasteiger partial charge in [0.05, 0.1) is 66.1 Å². The van der Waals surface area contributed by atoms with Gasteiger partial charge in [0.15, 0.2) is 11.6 Å². The van der Waals surface area contributed by atoms with E-state index in [9.17, 15) is 119 Å². The van der Waals surface area contributed by atoms with Gasteiger partial charge in [0.25, 0.3) is 26.8 Å². The minimum absolute atomic E-state index is 0. The van der Waals surface area contributed by atoms with Crippen molar-refractivity contribution < 1.29 is 119 Å². The third-order valence-electron chi connectivity index (χ3n) is 20.9. The van der Waals surface area contributed by atoms with Crippen molar-refractivity contribution in [3.05, 3.63) is 217 Å². The van der Waals surface area contributed by atoms with Gasteiger partial charge in [0, 0.05) is 121 Å². The minimum Gasteiger partial charge on any atom is -0.307 e. The van der Waals surface area contributed by atoms with E-state index in [2.05, 4.69) is 50.2 Å². The van der Waals surface area contributed by atoms with Crippen molar-refractivity contribution in [2.45, 2.75) is 146 Å². The number of benzene rings is 3. The average molecular weight is 1780 g/mol. The summed E-state index contributed by atoms with van der Waals surface area (Å²) in [7, 11) is -7.49. The smallest absolute Gasteiger partial charge is 0.307 e. The summed E-state index contributed by atoms with van der Waals surface area (Å²) >= 11 is 0. The molecule has 0 bridgehead atoms. The highest BCUT2D eigenvalue weighted by molar-refractivity contribution is 8.13. The van der Waals surface area contributed by atoms with Gasteiger partial charge in [-0.3, -0.25) is 29.3 Å². The van der Waals surface area contributed by atoms with E-state index in [-0.39, 0.29) is 126 Å². The minimum atomic E-state index is -4.60. The summed E-state index contributed by atoms with van der Waals surface area (Å²) in [6.45, 7) is -0.918. The monoisotopic (exact) mass is 1780 g/mol. The molecule has 634 valence electrons. The number of Topliss-reactive ketones (excluding diaryl/α,β-unsaturated/α-hetero) is 3. The number of sulfonamides is 2. The van der Waals surface area contributed by atoms with Crippen molar-refractivity contribution in [3.8, 4) is 33.8 Å². The Bertz CT molecular complexity index is 5380. The van der Waals surface area contributed by atoms with Crippen molar-refractivity contribution in [2.75, 3.05) is 19.6 Å². The second kappa shape index (κ2) is 33.8. The molecule has 119 heavy (non-hydrogen) atoms. The molecule has 3 aliphatic carbocycles. The Morgan fingerprint density at radius 1 is 0.412 bits per heavy atom. The molecule has 6 atom stereocenters. The van der Waals surface area contributed by atoms with Gasteiger partial charge in [-0.15, -0.1) is 12.4 Å². The largest absolute Gasteiger partial charge is 0.433 e. The number of nitrogens with one attached hydrogen (secondary N) is 1. The highest BCUT2D eigenvalue weighted by Gasteiger charge is 2.77. The number of hydrogen-bond donors (Lipinski definition) is 1. The molecule has 0 radical (unpaired) electrons. The van der Waals surface area contributed by atoms with Gasteiger partial charge >= 0.3 is 18.5 Å². The molecule has 3 aliphatic heterocycles. The van der Waals surface area contributed by atoms with Gasteiger partial charge in [0.1, 0.15) is 59.3 Å². The maximum absolute atomic E-state index is 14.2. The van der Waals surface area contributed by atoms with Gasteiger partial charge in [-0.05, 0) is 166 Å². The fraction of sp³-hybridized carbons (Fsp3) is 0.360. The SMILES string of the molecule is Cl.O=C(CCc1cc(-c2ccc(C(F)(F)F)nc2)ncn1)[C@@H]1CC2(CN1)CC2(F)F.O=C(CCc1cc(-c2ccc(C(F)(F)F)nc2)ncn1)[C@@H]1C[C@@]2(CN1S(=O)(=O)c1ccc(F)cc1)CC2(F)F.O=C(CCc1cc(-c2ccc(C(F)(F)F)nc2)ncn1)[C@@H]1C[C@]2(CN1S(=O)(=O)c1ccc(F)cc1)CC2(F)F.O=S(=O)(Cl)c1ccc(F)cc1. The summed E-state index contributed by atoms with van der Waals surface area (Å²) in [6.07, 6.45) is -8.86. The van der Waals surface area contributed by atoms with E-state index in [1.54, 1.807) is 6.07 Å². The van der Waals surface area contributed by atoms with Crippen molar-refractivity contribution in [3.63, 3.8) is 0 Å². The van der Waals surface area contributed by atoms with Crippen molar-refractivity contribution in [2.24, 2.45) is 16.2 Å². The Morgan fingerprint density at radius 3 is 0.966 bits per heavy atom. The van der Waals surface area contributed by atoms with Crippen molar-refractivity contribution in [1.29, 1.82) is 0 Å². The van der Waals surface area contributed by atoms with Crippen LogP contribution >= 0.6 is 23.1 Å². The normalized spacial score (nSPS) is 22.2. The second-order valence-electron chi connectivity index (χ2n) is 28.8. The molecule has 1 unspecified atom stereocenters. The molecule has 3 saturated carbocycles. The lowest BCUT2D eigenvalue weighted by Crippen LogP contribution is -2.40. The van der Waals surface area contributed by atoms with Crippen LogP contribution in [0.5, 0.6) is 0 Å². The molecule has 15 rings (SSSR count). The van der Waals surface area contributed by atoms with Gasteiger partial charge in [0.2, 0.25) is 20.0 Å². The standard InChI is InChI=1S/2C25H20F6N4O3S.C19H17F5N4O.C6H4ClFO2S.ClH/c2*26-16-2-5-18(6-3-16)39(37,38)35-13-23(12-24(23,27)28)10-20(35)21(36)7-4-17-9-19(34-14-33-17)15-1-8-22(32-11-15)25(29,30)31;20-18(21)8-17(18)6-14(26-9-17)15(29)3-2-12-5-13(28-10-27-12)11-1-4-16(25-7-11)19(22,23)24;7-11(9,10)6-3-1-5(8)2-4-6;/h2*1-3,5-6,8-9,11,14,20H,4,7,10,12-13H2;1,4-5,7,10,14,26H,2-3,6,8-9H2;1-4H;1H/t20-,23+;20-,23-;14-,17?;;/m000../s1. The number of alkyl halides is 15. The highest BCUT2D eigenvalue weighted by atomic mass is 35.7. The van der Waals surface area contributed by atoms with Crippen LogP contribution in [0, 0.1) is 33.7 Å². The van der Waals surface area contributed by atoms with Gasteiger partial charge in [-0.2, -0.15) is 48.1 Å². The summed E-state index contributed by atoms with van der Waals surface area (Å²) in [5.41, 5.74) is -4.38. The lowest BCUT2D eigenvalue weighted by molar-refractivity contribution is -0.141. The number of nitrogens with zero attached hydrogens (tertiary/aromatic N) is 11. The predicted molar refractivity (Wildman–Crippen MR) is 387 cm³/mol. The van der Waals surface area contributed by atoms with Gasteiger partial charge < -0.3 is 5.32 Å². The van der Waals surface area contributed by atoms with Gasteiger partial charge in [-0.25, -0.2) is 94.7 Å². The molecule has 9 heterocycles. The van der Waals surface area contributed by atoms with Crippen molar-refractivity contribution in [1.82, 2.24) is 58.8 Å². The van der Waals surface area contributed by atoms with E-state index in [1.807, 2.05) is 0 Å². The molecule has 0 amide bonds. The van der Waals surface area contributed by atoms with Crippen LogP contribution in [0.25, 0.3) is 33.8 Å². The van der Waals surface area contributed by atoms with Crippen molar-refractivity contribution >= 4 is 69.5 Å². The average Bonchev–Trinajstić information content (AvgIpc) is 1.22. The third-order valence-corrected chi connectivity index (χ3v) is 26.0.